The molecule has 0 saturated heterocycles. The van der Waals surface area contributed by atoms with E-state index < -0.39 is 0 Å². The summed E-state index contributed by atoms with van der Waals surface area (Å²) in [6, 6.07) is 5.32. The average Bonchev–Trinajstić information content (AvgIpc) is 2.47. The highest BCUT2D eigenvalue weighted by atomic mass is 79.9. The second-order valence-electron chi connectivity index (χ2n) is 4.73. The lowest BCUT2D eigenvalue weighted by atomic mass is 10.2. The zero-order valence-electron chi connectivity index (χ0n) is 12.5. The Labute approximate surface area is 133 Å². The summed E-state index contributed by atoms with van der Waals surface area (Å²) in [6.45, 7) is 4.25. The normalized spacial score (nSPS) is 11.6. The van der Waals surface area contributed by atoms with Gasteiger partial charge in [0.25, 0.3) is 5.91 Å². The van der Waals surface area contributed by atoms with Crippen molar-refractivity contribution in [2.45, 2.75) is 32.7 Å². The molecule has 1 atom stereocenters. The first-order valence-corrected chi connectivity index (χ1v) is 7.68. The molecule has 0 bridgehead atoms. The van der Waals surface area contributed by atoms with Gasteiger partial charge in [-0.3, -0.25) is 9.59 Å². The Bertz CT molecular complexity index is 506. The fourth-order valence-electron chi connectivity index (χ4n) is 1.64. The number of amides is 2. The SMILES string of the molecule is CC[C@H](C)NC(=O)CCNC(=O)c1cc(OC)ccc1Br. The van der Waals surface area contributed by atoms with Crippen LogP contribution in [0.3, 0.4) is 0 Å². The van der Waals surface area contributed by atoms with E-state index in [0.29, 0.717) is 22.3 Å². The maximum Gasteiger partial charge on any atom is 0.252 e. The molecule has 0 aromatic heterocycles. The molecule has 2 amide bonds. The van der Waals surface area contributed by atoms with Crippen LogP contribution in [0, 0.1) is 0 Å². The third-order valence-corrected chi connectivity index (χ3v) is 3.77. The van der Waals surface area contributed by atoms with Gasteiger partial charge in [-0.1, -0.05) is 6.92 Å². The van der Waals surface area contributed by atoms with Gasteiger partial charge in [0.2, 0.25) is 5.91 Å². The van der Waals surface area contributed by atoms with Gasteiger partial charge >= 0.3 is 0 Å². The highest BCUT2D eigenvalue weighted by Crippen LogP contribution is 2.22. The van der Waals surface area contributed by atoms with E-state index in [9.17, 15) is 9.59 Å². The van der Waals surface area contributed by atoms with E-state index in [1.165, 1.54) is 0 Å². The molecule has 0 heterocycles. The zero-order valence-corrected chi connectivity index (χ0v) is 14.1. The molecule has 116 valence electrons. The molecule has 21 heavy (non-hydrogen) atoms. The van der Waals surface area contributed by atoms with Crippen LogP contribution in [0.2, 0.25) is 0 Å². The predicted octanol–water partition coefficient (Wildman–Crippen LogP) is 2.49. The Hall–Kier alpha value is -1.56. The van der Waals surface area contributed by atoms with Crippen LogP contribution in [0.15, 0.2) is 22.7 Å². The summed E-state index contributed by atoms with van der Waals surface area (Å²) >= 11 is 3.33. The van der Waals surface area contributed by atoms with Gasteiger partial charge in [-0.25, -0.2) is 0 Å². The van der Waals surface area contributed by atoms with Crippen LogP contribution in [-0.4, -0.2) is 31.5 Å². The molecule has 0 fully saturated rings. The number of halogens is 1. The van der Waals surface area contributed by atoms with Crippen LogP contribution >= 0.6 is 15.9 Å². The first-order valence-electron chi connectivity index (χ1n) is 6.89. The third kappa shape index (κ3) is 5.75. The number of hydrogen-bond acceptors (Lipinski definition) is 3. The highest BCUT2D eigenvalue weighted by Gasteiger charge is 2.12. The van der Waals surface area contributed by atoms with Gasteiger partial charge in [0.1, 0.15) is 5.75 Å². The smallest absolute Gasteiger partial charge is 0.252 e. The summed E-state index contributed by atoms with van der Waals surface area (Å²) in [5.74, 6) is 0.310. The molecule has 0 aliphatic heterocycles. The number of carbonyl (C=O) groups excluding carboxylic acids is 2. The van der Waals surface area contributed by atoms with Crippen LogP contribution in [0.25, 0.3) is 0 Å². The lowest BCUT2D eigenvalue weighted by molar-refractivity contribution is -0.121. The van der Waals surface area contributed by atoms with Crippen LogP contribution in [0.1, 0.15) is 37.0 Å². The zero-order chi connectivity index (χ0) is 15.8. The summed E-state index contributed by atoms with van der Waals surface area (Å²) in [4.78, 5) is 23.7. The molecule has 5 nitrogen and oxygen atoms in total. The third-order valence-electron chi connectivity index (χ3n) is 3.08. The van der Waals surface area contributed by atoms with Gasteiger partial charge in [-0.2, -0.15) is 0 Å². The highest BCUT2D eigenvalue weighted by molar-refractivity contribution is 9.10. The maximum atomic E-state index is 12.1. The Kier molecular flexibility index (Phi) is 7.22. The second-order valence-corrected chi connectivity index (χ2v) is 5.58. The van der Waals surface area contributed by atoms with Crippen molar-refractivity contribution in [1.29, 1.82) is 0 Å². The van der Waals surface area contributed by atoms with E-state index in [1.807, 2.05) is 13.8 Å². The molecule has 0 spiro atoms. The lowest BCUT2D eigenvalue weighted by Gasteiger charge is -2.12. The maximum absolute atomic E-state index is 12.1. The van der Waals surface area contributed by atoms with Gasteiger partial charge in [-0.05, 0) is 47.5 Å². The van der Waals surface area contributed by atoms with Crippen molar-refractivity contribution in [1.82, 2.24) is 10.6 Å². The van der Waals surface area contributed by atoms with Crippen LogP contribution in [0.4, 0.5) is 0 Å². The van der Waals surface area contributed by atoms with E-state index >= 15 is 0 Å². The van der Waals surface area contributed by atoms with Gasteiger partial charge in [0, 0.05) is 23.5 Å². The van der Waals surface area contributed by atoms with Crippen molar-refractivity contribution in [2.75, 3.05) is 13.7 Å². The molecule has 0 saturated carbocycles. The minimum atomic E-state index is -0.239. The number of carbonyl (C=O) groups is 2. The number of methoxy groups -OCH3 is 1. The molecule has 0 radical (unpaired) electrons. The number of hydrogen-bond donors (Lipinski definition) is 2. The summed E-state index contributed by atoms with van der Waals surface area (Å²) in [5.41, 5.74) is 0.483. The van der Waals surface area contributed by atoms with Gasteiger partial charge in [0.15, 0.2) is 0 Å². The van der Waals surface area contributed by atoms with E-state index in [4.69, 9.17) is 4.74 Å². The summed E-state index contributed by atoms with van der Waals surface area (Å²) < 4.78 is 5.78. The van der Waals surface area contributed by atoms with Crippen molar-refractivity contribution in [3.8, 4) is 5.75 Å². The topological polar surface area (TPSA) is 67.4 Å². The minimum Gasteiger partial charge on any atom is -0.497 e. The predicted molar refractivity (Wildman–Crippen MR) is 85.5 cm³/mol. The molecule has 2 N–H and O–H groups in total. The van der Waals surface area contributed by atoms with Gasteiger partial charge in [0.05, 0.1) is 12.7 Å². The second kappa shape index (κ2) is 8.67. The number of nitrogens with one attached hydrogen (secondary N) is 2. The Balaban J connectivity index is 2.49. The fraction of sp³-hybridized carbons (Fsp3) is 0.467. The van der Waals surface area contributed by atoms with E-state index in [1.54, 1.807) is 25.3 Å². The number of benzene rings is 1. The van der Waals surface area contributed by atoms with E-state index in [2.05, 4.69) is 26.6 Å². The first-order chi connectivity index (χ1) is 9.97. The molecule has 1 aromatic rings. The average molecular weight is 357 g/mol. The van der Waals surface area contributed by atoms with Gasteiger partial charge in [-0.15, -0.1) is 0 Å². The molecule has 0 aliphatic carbocycles. The summed E-state index contributed by atoms with van der Waals surface area (Å²) in [5, 5.41) is 5.58. The van der Waals surface area contributed by atoms with Crippen molar-refractivity contribution in [3.63, 3.8) is 0 Å². The fourth-order valence-corrected chi connectivity index (χ4v) is 2.07. The number of rotatable bonds is 7. The van der Waals surface area contributed by atoms with Crippen molar-refractivity contribution >= 4 is 27.7 Å². The van der Waals surface area contributed by atoms with E-state index in [0.717, 1.165) is 6.42 Å². The Morgan fingerprint density at radius 3 is 2.71 bits per heavy atom. The van der Waals surface area contributed by atoms with E-state index in [-0.39, 0.29) is 24.3 Å². The molecular formula is C15H21BrN2O3. The monoisotopic (exact) mass is 356 g/mol. The van der Waals surface area contributed by atoms with Crippen molar-refractivity contribution < 1.29 is 14.3 Å². The van der Waals surface area contributed by atoms with Crippen molar-refractivity contribution in [3.05, 3.63) is 28.2 Å². The molecule has 1 rings (SSSR count). The Morgan fingerprint density at radius 2 is 2.10 bits per heavy atom. The number of ether oxygens (including phenoxy) is 1. The summed E-state index contributed by atoms with van der Waals surface area (Å²) in [7, 11) is 1.55. The van der Waals surface area contributed by atoms with Crippen LogP contribution in [-0.2, 0) is 4.79 Å². The molecule has 0 unspecified atom stereocenters. The quantitative estimate of drug-likeness (QED) is 0.788. The Morgan fingerprint density at radius 1 is 1.38 bits per heavy atom. The summed E-state index contributed by atoms with van der Waals surface area (Å²) in [6.07, 6.45) is 1.15. The van der Waals surface area contributed by atoms with Gasteiger partial charge < -0.3 is 15.4 Å². The minimum absolute atomic E-state index is 0.0608. The molecule has 1 aromatic carbocycles. The first kappa shape index (κ1) is 17.5. The molecular weight excluding hydrogens is 336 g/mol. The largest absolute Gasteiger partial charge is 0.497 e. The lowest BCUT2D eigenvalue weighted by Crippen LogP contribution is -2.35. The van der Waals surface area contributed by atoms with Crippen molar-refractivity contribution in [2.24, 2.45) is 0 Å². The molecule has 0 aliphatic rings. The standard InChI is InChI=1S/C15H21BrN2O3/c1-4-10(2)18-14(19)7-8-17-15(20)12-9-11(21-3)5-6-13(12)16/h5-6,9-10H,4,7-8H2,1-3H3,(H,17,20)(H,18,19)/t10-/m0/s1. The molecule has 6 heteroatoms. The van der Waals surface area contributed by atoms with Crippen LogP contribution < -0.4 is 15.4 Å². The van der Waals surface area contributed by atoms with Crippen LogP contribution in [0.5, 0.6) is 5.75 Å².